The van der Waals surface area contributed by atoms with Gasteiger partial charge in [-0.2, -0.15) is 0 Å². The minimum Gasteiger partial charge on any atom is -0.382 e. The second-order valence-corrected chi connectivity index (χ2v) is 7.12. The molecule has 0 amide bonds. The third-order valence-corrected chi connectivity index (χ3v) is 5.51. The van der Waals surface area contributed by atoms with Crippen LogP contribution in [-0.4, -0.2) is 130 Å². The van der Waals surface area contributed by atoms with E-state index in [-0.39, 0.29) is 13.2 Å². The molecule has 10 atom stereocenters. The zero-order valence-corrected chi connectivity index (χ0v) is 18.7. The highest BCUT2D eigenvalue weighted by Gasteiger charge is 2.52. The Morgan fingerprint density at radius 3 is 1.50 bits per heavy atom. The molecule has 30 heavy (non-hydrogen) atoms. The van der Waals surface area contributed by atoms with Crippen LogP contribution in [-0.2, 0) is 47.4 Å². The van der Waals surface area contributed by atoms with Crippen LogP contribution in [0.1, 0.15) is 0 Å². The Balaban J connectivity index is 2.31. The normalized spacial score (nSPS) is 42.4. The minimum absolute atomic E-state index is 0.165. The number of rotatable bonds is 11. The molecule has 2 rings (SSSR count). The highest BCUT2D eigenvalue weighted by atomic mass is 16.7. The molecule has 2 saturated heterocycles. The molecule has 2 fully saturated rings. The maximum atomic E-state index is 10.3. The van der Waals surface area contributed by atoms with E-state index in [0.717, 1.165) is 0 Å². The predicted octanol–water partition coefficient (Wildman–Crippen LogP) is -0.818. The summed E-state index contributed by atoms with van der Waals surface area (Å²) in [6.45, 7) is 0.433. The van der Waals surface area contributed by atoms with Gasteiger partial charge in [0.2, 0.25) is 0 Å². The van der Waals surface area contributed by atoms with Crippen molar-refractivity contribution in [2.75, 3.05) is 63.0 Å². The Labute approximate surface area is 177 Å². The summed E-state index contributed by atoms with van der Waals surface area (Å²) in [7, 11) is 10.8. The number of ether oxygens (including phenoxy) is 10. The van der Waals surface area contributed by atoms with Crippen molar-refractivity contribution in [3.8, 4) is 0 Å². The maximum absolute atomic E-state index is 10.3. The van der Waals surface area contributed by atoms with E-state index in [1.807, 2.05) is 0 Å². The van der Waals surface area contributed by atoms with E-state index in [4.69, 9.17) is 47.4 Å². The molecule has 0 aromatic rings. The van der Waals surface area contributed by atoms with Gasteiger partial charge in [-0.25, -0.2) is 0 Å². The summed E-state index contributed by atoms with van der Waals surface area (Å²) in [6, 6.07) is 0. The largest absolute Gasteiger partial charge is 0.382 e. The van der Waals surface area contributed by atoms with Crippen LogP contribution in [0.25, 0.3) is 0 Å². The first-order valence-electron chi connectivity index (χ1n) is 9.77. The minimum atomic E-state index is -1.20. The van der Waals surface area contributed by atoms with Crippen LogP contribution >= 0.6 is 0 Å². The molecule has 2 aliphatic heterocycles. The number of hydrogen-bond acceptors (Lipinski definition) is 11. The van der Waals surface area contributed by atoms with Gasteiger partial charge in [0.15, 0.2) is 12.6 Å². The fourth-order valence-corrected chi connectivity index (χ4v) is 4.12. The van der Waals surface area contributed by atoms with Crippen molar-refractivity contribution in [3.05, 3.63) is 0 Å². The molecule has 0 radical (unpaired) electrons. The fraction of sp³-hybridized carbons (Fsp3) is 1.00. The number of hydrogen-bond donors (Lipinski definition) is 1. The molecule has 2 aliphatic rings. The van der Waals surface area contributed by atoms with E-state index in [1.54, 1.807) is 28.4 Å². The molecule has 178 valence electrons. The van der Waals surface area contributed by atoms with Crippen LogP contribution in [0.5, 0.6) is 0 Å². The first kappa shape index (κ1) is 25.8. The summed E-state index contributed by atoms with van der Waals surface area (Å²) in [5.74, 6) is 0. The summed E-state index contributed by atoms with van der Waals surface area (Å²) in [6.07, 6.45) is -6.77. The molecular weight excluding hydrogens is 404 g/mol. The van der Waals surface area contributed by atoms with Crippen molar-refractivity contribution in [2.24, 2.45) is 0 Å². The quantitative estimate of drug-likeness (QED) is 0.435. The third-order valence-electron chi connectivity index (χ3n) is 5.51. The molecule has 0 aromatic carbocycles. The van der Waals surface area contributed by atoms with E-state index in [1.165, 1.54) is 21.3 Å². The molecule has 0 aliphatic carbocycles. The van der Waals surface area contributed by atoms with Gasteiger partial charge in [0.25, 0.3) is 0 Å². The zero-order chi connectivity index (χ0) is 22.3. The lowest BCUT2D eigenvalue weighted by molar-refractivity contribution is -0.363. The van der Waals surface area contributed by atoms with Crippen LogP contribution in [0, 0.1) is 0 Å². The predicted molar refractivity (Wildman–Crippen MR) is 102 cm³/mol. The van der Waals surface area contributed by atoms with Crippen LogP contribution in [0.3, 0.4) is 0 Å². The van der Waals surface area contributed by atoms with E-state index in [0.29, 0.717) is 0 Å². The number of methoxy groups -OCH3 is 7. The van der Waals surface area contributed by atoms with E-state index >= 15 is 0 Å². The van der Waals surface area contributed by atoms with Crippen molar-refractivity contribution >= 4 is 0 Å². The molecule has 11 heteroatoms. The summed E-state index contributed by atoms with van der Waals surface area (Å²) in [5.41, 5.74) is 0. The average Bonchev–Trinajstić information content (AvgIpc) is 2.74. The van der Waals surface area contributed by atoms with Crippen molar-refractivity contribution in [1.29, 1.82) is 0 Å². The average molecular weight is 440 g/mol. The monoisotopic (exact) mass is 440 g/mol. The molecule has 0 unspecified atom stereocenters. The number of aliphatic hydroxyl groups is 1. The zero-order valence-electron chi connectivity index (χ0n) is 18.7. The molecule has 0 spiro atoms. The van der Waals surface area contributed by atoms with Gasteiger partial charge in [-0.15, -0.1) is 0 Å². The van der Waals surface area contributed by atoms with Gasteiger partial charge in [-0.3, -0.25) is 0 Å². The molecule has 1 N–H and O–H groups in total. The van der Waals surface area contributed by atoms with Crippen molar-refractivity contribution in [2.45, 2.75) is 61.4 Å². The Bertz CT molecular complexity index is 481. The molecular formula is C19H36O11. The fourth-order valence-electron chi connectivity index (χ4n) is 4.12. The Hall–Kier alpha value is -0.440. The summed E-state index contributed by atoms with van der Waals surface area (Å²) in [5, 5.41) is 10.3. The van der Waals surface area contributed by atoms with E-state index in [2.05, 4.69) is 0 Å². The lowest BCUT2D eigenvalue weighted by Crippen LogP contribution is -2.65. The van der Waals surface area contributed by atoms with Gasteiger partial charge >= 0.3 is 0 Å². The van der Waals surface area contributed by atoms with Crippen molar-refractivity contribution in [3.63, 3.8) is 0 Å². The van der Waals surface area contributed by atoms with Crippen LogP contribution in [0.15, 0.2) is 0 Å². The summed E-state index contributed by atoms with van der Waals surface area (Å²) < 4.78 is 56.6. The van der Waals surface area contributed by atoms with Crippen molar-refractivity contribution in [1.82, 2.24) is 0 Å². The van der Waals surface area contributed by atoms with Gasteiger partial charge in [0.1, 0.15) is 48.8 Å². The van der Waals surface area contributed by atoms with Gasteiger partial charge in [-0.1, -0.05) is 0 Å². The Morgan fingerprint density at radius 2 is 1.03 bits per heavy atom. The Kier molecular flexibility index (Phi) is 10.8. The van der Waals surface area contributed by atoms with Gasteiger partial charge in [0, 0.05) is 49.8 Å². The SMILES string of the molecule is COC[C@@H]1O[C@@H](O[C@H]2[C@H](OC)[C@H](OC)[C@H](O)O[C@@H]2COC)[C@H](OC)[C@H](OC)[C@@H]1OC. The first-order valence-corrected chi connectivity index (χ1v) is 9.77. The highest BCUT2D eigenvalue weighted by molar-refractivity contribution is 4.96. The molecule has 0 saturated carbocycles. The second-order valence-electron chi connectivity index (χ2n) is 7.12. The lowest BCUT2D eigenvalue weighted by atomic mass is 9.96. The molecule has 2 heterocycles. The highest BCUT2D eigenvalue weighted by Crippen LogP contribution is 2.33. The van der Waals surface area contributed by atoms with E-state index < -0.39 is 61.4 Å². The molecule has 0 aromatic heterocycles. The van der Waals surface area contributed by atoms with E-state index in [9.17, 15) is 5.11 Å². The van der Waals surface area contributed by atoms with Gasteiger partial charge in [0.05, 0.1) is 13.2 Å². The molecule has 0 bridgehead atoms. The van der Waals surface area contributed by atoms with Crippen molar-refractivity contribution < 1.29 is 52.5 Å². The summed E-state index contributed by atoms with van der Waals surface area (Å²) >= 11 is 0. The van der Waals surface area contributed by atoms with Crippen LogP contribution in [0.2, 0.25) is 0 Å². The Morgan fingerprint density at radius 1 is 0.567 bits per heavy atom. The first-order chi connectivity index (χ1) is 14.5. The van der Waals surface area contributed by atoms with Gasteiger partial charge in [-0.05, 0) is 0 Å². The van der Waals surface area contributed by atoms with Gasteiger partial charge < -0.3 is 52.5 Å². The number of aliphatic hydroxyl groups excluding tert-OH is 1. The standard InChI is InChI=1S/C19H36O11/c1-21-8-10-12(23-3)14(24-4)17(27-7)19(29-10)30-13-11(9-22-2)28-18(20)16(26-6)15(13)25-5/h10-20H,8-9H2,1-7H3/t10-,11+,12+,13+,14+,15-,16-,17+,18+,19-/m0/s1. The second kappa shape index (κ2) is 12.6. The smallest absolute Gasteiger partial charge is 0.187 e. The third kappa shape index (κ3) is 5.48. The molecule has 11 nitrogen and oxygen atoms in total. The topological polar surface area (TPSA) is 113 Å². The van der Waals surface area contributed by atoms with Crippen LogP contribution < -0.4 is 0 Å². The summed E-state index contributed by atoms with van der Waals surface area (Å²) in [4.78, 5) is 0. The van der Waals surface area contributed by atoms with Crippen LogP contribution in [0.4, 0.5) is 0 Å². The lowest BCUT2D eigenvalue weighted by Gasteiger charge is -2.48. The maximum Gasteiger partial charge on any atom is 0.187 e.